The second-order valence-electron chi connectivity index (χ2n) is 4.40. The molecular formula is C13H16N4O3. The van der Waals surface area contributed by atoms with Crippen molar-refractivity contribution >= 4 is 23.5 Å². The van der Waals surface area contributed by atoms with E-state index >= 15 is 0 Å². The van der Waals surface area contributed by atoms with E-state index in [9.17, 15) is 14.4 Å². The average Bonchev–Trinajstić information content (AvgIpc) is 2.75. The molecule has 1 aliphatic rings. The SMILES string of the molecule is Nc1ccccc1C(=O)NCCCN1C(=O)CNC1=O. The van der Waals surface area contributed by atoms with Crippen LogP contribution in [0.5, 0.6) is 0 Å². The van der Waals surface area contributed by atoms with Crippen molar-refractivity contribution in [1.29, 1.82) is 0 Å². The van der Waals surface area contributed by atoms with E-state index in [1.807, 2.05) is 0 Å². The van der Waals surface area contributed by atoms with Gasteiger partial charge in [-0.3, -0.25) is 14.5 Å². The number of hydrogen-bond donors (Lipinski definition) is 3. The third-order valence-corrected chi connectivity index (χ3v) is 2.99. The maximum Gasteiger partial charge on any atom is 0.324 e. The summed E-state index contributed by atoms with van der Waals surface area (Å²) in [5.74, 6) is -0.506. The number of imide groups is 1. The van der Waals surface area contributed by atoms with Gasteiger partial charge in [0.15, 0.2) is 0 Å². The maximum absolute atomic E-state index is 11.8. The van der Waals surface area contributed by atoms with Gasteiger partial charge in [-0.25, -0.2) is 4.79 Å². The van der Waals surface area contributed by atoms with Crippen molar-refractivity contribution < 1.29 is 14.4 Å². The lowest BCUT2D eigenvalue weighted by atomic mass is 10.1. The van der Waals surface area contributed by atoms with Crippen LogP contribution in [-0.2, 0) is 4.79 Å². The number of nitrogens with one attached hydrogen (secondary N) is 2. The Morgan fingerprint density at radius 2 is 2.10 bits per heavy atom. The van der Waals surface area contributed by atoms with Crippen LogP contribution < -0.4 is 16.4 Å². The molecule has 1 aromatic carbocycles. The zero-order valence-corrected chi connectivity index (χ0v) is 10.9. The smallest absolute Gasteiger partial charge is 0.324 e. The van der Waals surface area contributed by atoms with Gasteiger partial charge in [0, 0.05) is 18.8 Å². The molecule has 106 valence electrons. The Morgan fingerprint density at radius 1 is 1.35 bits per heavy atom. The Labute approximate surface area is 116 Å². The molecule has 7 nitrogen and oxygen atoms in total. The quantitative estimate of drug-likeness (QED) is 0.398. The van der Waals surface area contributed by atoms with E-state index in [0.29, 0.717) is 24.2 Å². The van der Waals surface area contributed by atoms with Crippen molar-refractivity contribution in [3.8, 4) is 0 Å². The van der Waals surface area contributed by atoms with Crippen LogP contribution in [0.25, 0.3) is 0 Å². The summed E-state index contributed by atoms with van der Waals surface area (Å²) < 4.78 is 0. The van der Waals surface area contributed by atoms with Gasteiger partial charge in [0.25, 0.3) is 5.91 Å². The molecule has 4 amide bonds. The number of carbonyl (C=O) groups excluding carboxylic acids is 3. The molecule has 0 unspecified atom stereocenters. The van der Waals surface area contributed by atoms with Crippen molar-refractivity contribution in [1.82, 2.24) is 15.5 Å². The fraction of sp³-hybridized carbons (Fsp3) is 0.308. The van der Waals surface area contributed by atoms with Gasteiger partial charge in [0.05, 0.1) is 12.1 Å². The first-order chi connectivity index (χ1) is 9.59. The number of carbonyl (C=O) groups is 3. The molecule has 0 bridgehead atoms. The number of anilines is 1. The highest BCUT2D eigenvalue weighted by Crippen LogP contribution is 2.09. The summed E-state index contributed by atoms with van der Waals surface area (Å²) in [6, 6.07) is 6.40. The van der Waals surface area contributed by atoms with Crippen molar-refractivity contribution in [2.45, 2.75) is 6.42 Å². The lowest BCUT2D eigenvalue weighted by Crippen LogP contribution is -2.34. The first-order valence-electron chi connectivity index (χ1n) is 6.30. The van der Waals surface area contributed by atoms with Gasteiger partial charge < -0.3 is 16.4 Å². The summed E-state index contributed by atoms with van der Waals surface area (Å²) in [4.78, 5) is 35.6. The standard InChI is InChI=1S/C13H16N4O3/c14-10-5-2-1-4-9(10)12(19)15-6-3-7-17-11(18)8-16-13(17)20/h1-2,4-5H,3,6-8,14H2,(H,15,19)(H,16,20). The Balaban J connectivity index is 1.76. The minimum atomic E-state index is -0.381. The van der Waals surface area contributed by atoms with Crippen molar-refractivity contribution in [3.63, 3.8) is 0 Å². The third kappa shape index (κ3) is 3.05. The number of nitrogens with zero attached hydrogens (tertiary/aromatic N) is 1. The number of urea groups is 1. The summed E-state index contributed by atoms with van der Waals surface area (Å²) in [5, 5.41) is 5.14. The second kappa shape index (κ2) is 6.05. The topological polar surface area (TPSA) is 105 Å². The van der Waals surface area contributed by atoms with Crippen molar-refractivity contribution in [3.05, 3.63) is 29.8 Å². The summed E-state index contributed by atoms with van der Waals surface area (Å²) in [6.45, 7) is 0.700. The van der Waals surface area contributed by atoms with E-state index in [-0.39, 0.29) is 30.9 Å². The van der Waals surface area contributed by atoms with Gasteiger partial charge >= 0.3 is 6.03 Å². The number of hydrogen-bond acceptors (Lipinski definition) is 4. The molecule has 0 aromatic heterocycles. The lowest BCUT2D eigenvalue weighted by molar-refractivity contribution is -0.125. The number of para-hydroxylation sites is 1. The zero-order valence-electron chi connectivity index (χ0n) is 10.9. The van der Waals surface area contributed by atoms with Gasteiger partial charge in [0.1, 0.15) is 0 Å². The fourth-order valence-corrected chi connectivity index (χ4v) is 1.92. The Bertz CT molecular complexity index is 528. The van der Waals surface area contributed by atoms with Crippen LogP contribution in [0.1, 0.15) is 16.8 Å². The van der Waals surface area contributed by atoms with Gasteiger partial charge in [-0.15, -0.1) is 0 Å². The first-order valence-corrected chi connectivity index (χ1v) is 6.30. The minimum Gasteiger partial charge on any atom is -0.398 e. The van der Waals surface area contributed by atoms with Crippen LogP contribution in [0.4, 0.5) is 10.5 Å². The molecular weight excluding hydrogens is 260 g/mol. The highest BCUT2D eigenvalue weighted by molar-refractivity contribution is 6.02. The third-order valence-electron chi connectivity index (χ3n) is 2.99. The molecule has 1 aromatic rings. The number of amides is 4. The van der Waals surface area contributed by atoms with Crippen LogP contribution in [0.15, 0.2) is 24.3 Å². The van der Waals surface area contributed by atoms with Crippen LogP contribution in [0.2, 0.25) is 0 Å². The lowest BCUT2D eigenvalue weighted by Gasteiger charge is -2.12. The highest BCUT2D eigenvalue weighted by Gasteiger charge is 2.27. The summed E-state index contributed by atoms with van der Waals surface area (Å²) in [6.07, 6.45) is 0.498. The van der Waals surface area contributed by atoms with Gasteiger partial charge in [-0.05, 0) is 18.6 Å². The van der Waals surface area contributed by atoms with Crippen molar-refractivity contribution in [2.75, 3.05) is 25.4 Å². The Kier molecular flexibility index (Phi) is 4.19. The summed E-state index contributed by atoms with van der Waals surface area (Å²) in [5.41, 5.74) is 6.53. The van der Waals surface area contributed by atoms with Crippen molar-refractivity contribution in [2.24, 2.45) is 0 Å². The maximum atomic E-state index is 11.8. The van der Waals surface area contributed by atoms with Gasteiger partial charge in [0.2, 0.25) is 5.91 Å². The molecule has 7 heteroatoms. The minimum absolute atomic E-state index is 0.0474. The molecule has 0 radical (unpaired) electrons. The summed E-state index contributed by atoms with van der Waals surface area (Å²) in [7, 11) is 0. The number of nitrogens with two attached hydrogens (primary N) is 1. The van der Waals surface area contributed by atoms with E-state index in [4.69, 9.17) is 5.73 Å². The molecule has 1 heterocycles. The molecule has 0 aliphatic carbocycles. The normalized spacial score (nSPS) is 14.3. The van der Waals surface area contributed by atoms with E-state index in [0.717, 1.165) is 4.90 Å². The number of nitrogen functional groups attached to an aromatic ring is 1. The molecule has 2 rings (SSSR count). The molecule has 1 saturated heterocycles. The average molecular weight is 276 g/mol. The van der Waals surface area contributed by atoms with E-state index < -0.39 is 0 Å². The first kappa shape index (κ1) is 13.9. The fourth-order valence-electron chi connectivity index (χ4n) is 1.92. The molecule has 1 aliphatic heterocycles. The van der Waals surface area contributed by atoms with Gasteiger partial charge in [-0.1, -0.05) is 12.1 Å². The molecule has 20 heavy (non-hydrogen) atoms. The van der Waals surface area contributed by atoms with Crippen LogP contribution in [-0.4, -0.2) is 42.4 Å². The van der Waals surface area contributed by atoms with Crippen LogP contribution in [0.3, 0.4) is 0 Å². The molecule has 0 spiro atoms. The molecule has 0 atom stereocenters. The monoisotopic (exact) mass is 276 g/mol. The molecule has 0 saturated carbocycles. The largest absolute Gasteiger partial charge is 0.398 e. The second-order valence-corrected chi connectivity index (χ2v) is 4.40. The van der Waals surface area contributed by atoms with E-state index in [1.165, 1.54) is 0 Å². The molecule has 1 fully saturated rings. The summed E-state index contributed by atoms with van der Waals surface area (Å²) >= 11 is 0. The van der Waals surface area contributed by atoms with E-state index in [1.54, 1.807) is 24.3 Å². The highest BCUT2D eigenvalue weighted by atomic mass is 16.2. The molecule has 4 N–H and O–H groups in total. The number of rotatable bonds is 5. The van der Waals surface area contributed by atoms with Crippen LogP contribution >= 0.6 is 0 Å². The predicted octanol–water partition coefficient (Wildman–Crippen LogP) is -0.0595. The Hall–Kier alpha value is -2.57. The van der Waals surface area contributed by atoms with Crippen LogP contribution in [0, 0.1) is 0 Å². The Morgan fingerprint density at radius 3 is 2.75 bits per heavy atom. The number of benzene rings is 1. The zero-order chi connectivity index (χ0) is 14.5. The van der Waals surface area contributed by atoms with Gasteiger partial charge in [-0.2, -0.15) is 0 Å². The van der Waals surface area contributed by atoms with E-state index in [2.05, 4.69) is 10.6 Å². The predicted molar refractivity (Wildman–Crippen MR) is 72.9 cm³/mol.